The fraction of sp³-hybridized carbons (Fsp3) is 0.300. The maximum Gasteiger partial charge on any atom is 0.573 e. The zero-order valence-electron chi connectivity index (χ0n) is 15.7. The van der Waals surface area contributed by atoms with E-state index in [1.807, 2.05) is 0 Å². The van der Waals surface area contributed by atoms with Gasteiger partial charge in [-0.25, -0.2) is 0 Å². The molecule has 2 rings (SSSR count). The first-order valence-corrected chi connectivity index (χ1v) is 9.54. The van der Waals surface area contributed by atoms with Crippen molar-refractivity contribution in [1.29, 1.82) is 0 Å². The van der Waals surface area contributed by atoms with Gasteiger partial charge in [0.25, 0.3) is 5.91 Å². The minimum atomic E-state index is -4.84. The number of ether oxygens (including phenoxy) is 1. The third-order valence-electron chi connectivity index (χ3n) is 4.01. The van der Waals surface area contributed by atoms with Gasteiger partial charge < -0.3 is 15.4 Å². The maximum atomic E-state index is 12.6. The monoisotopic (exact) mass is 472 g/mol. The SMILES string of the molecule is CC(C)[C@H](NC(=O)c1ccccc1Br)C(=O)NCc1ccccc1OC(F)(F)F. The van der Waals surface area contributed by atoms with E-state index in [1.54, 1.807) is 44.2 Å². The number of carbonyl (C=O) groups excluding carboxylic acids is 2. The van der Waals surface area contributed by atoms with Crippen LogP contribution in [0, 0.1) is 5.92 Å². The summed E-state index contributed by atoms with van der Waals surface area (Å²) in [5.41, 5.74) is 0.535. The Labute approximate surface area is 174 Å². The van der Waals surface area contributed by atoms with Gasteiger partial charge >= 0.3 is 6.36 Å². The quantitative estimate of drug-likeness (QED) is 0.626. The second kappa shape index (κ2) is 9.78. The molecule has 2 aromatic rings. The molecule has 0 saturated carbocycles. The molecule has 9 heteroatoms. The van der Waals surface area contributed by atoms with Gasteiger partial charge in [0.1, 0.15) is 11.8 Å². The fourth-order valence-corrected chi connectivity index (χ4v) is 3.03. The standard InChI is InChI=1S/C20H20BrF3N2O3/c1-12(2)17(26-18(27)14-8-4-5-9-15(14)21)19(28)25-11-13-7-3-6-10-16(13)29-20(22,23)24/h3-10,12,17H,11H2,1-2H3,(H,25,28)(H,26,27)/t17-/m0/s1. The normalized spacial score (nSPS) is 12.4. The molecule has 0 bridgehead atoms. The Morgan fingerprint density at radius 3 is 2.31 bits per heavy atom. The van der Waals surface area contributed by atoms with Crippen LogP contribution in [0.1, 0.15) is 29.8 Å². The van der Waals surface area contributed by atoms with Gasteiger partial charge in [-0.05, 0) is 40.0 Å². The zero-order valence-corrected chi connectivity index (χ0v) is 17.3. The third-order valence-corrected chi connectivity index (χ3v) is 4.70. The molecule has 0 radical (unpaired) electrons. The highest BCUT2D eigenvalue weighted by atomic mass is 79.9. The van der Waals surface area contributed by atoms with Crippen LogP contribution in [0.4, 0.5) is 13.2 Å². The molecular formula is C20H20BrF3N2O3. The summed E-state index contributed by atoms with van der Waals surface area (Å²) in [6.07, 6.45) is -4.84. The van der Waals surface area contributed by atoms with Gasteiger partial charge in [-0.2, -0.15) is 0 Å². The Balaban J connectivity index is 2.08. The lowest BCUT2D eigenvalue weighted by atomic mass is 10.0. The lowest BCUT2D eigenvalue weighted by Crippen LogP contribution is -2.49. The van der Waals surface area contributed by atoms with E-state index in [9.17, 15) is 22.8 Å². The Morgan fingerprint density at radius 2 is 1.69 bits per heavy atom. The number of halogens is 4. The summed E-state index contributed by atoms with van der Waals surface area (Å²) in [7, 11) is 0. The molecule has 0 aliphatic heterocycles. The van der Waals surface area contributed by atoms with E-state index in [-0.39, 0.29) is 18.0 Å². The second-order valence-electron chi connectivity index (χ2n) is 6.55. The molecule has 0 heterocycles. The molecule has 2 N–H and O–H groups in total. The molecule has 5 nitrogen and oxygen atoms in total. The highest BCUT2D eigenvalue weighted by Crippen LogP contribution is 2.26. The smallest absolute Gasteiger partial charge is 0.405 e. The number of carbonyl (C=O) groups is 2. The molecule has 0 aromatic heterocycles. The van der Waals surface area contributed by atoms with Crippen LogP contribution in [0.5, 0.6) is 5.75 Å². The predicted molar refractivity (Wildman–Crippen MR) is 105 cm³/mol. The van der Waals surface area contributed by atoms with Crippen LogP contribution in [-0.2, 0) is 11.3 Å². The summed E-state index contributed by atoms with van der Waals surface area (Å²) in [4.78, 5) is 25.1. The summed E-state index contributed by atoms with van der Waals surface area (Å²) < 4.78 is 42.2. The van der Waals surface area contributed by atoms with E-state index in [0.29, 0.717) is 10.0 Å². The highest BCUT2D eigenvalue weighted by molar-refractivity contribution is 9.10. The number of alkyl halides is 3. The molecule has 2 amide bonds. The first-order chi connectivity index (χ1) is 13.6. The lowest BCUT2D eigenvalue weighted by molar-refractivity contribution is -0.274. The van der Waals surface area contributed by atoms with E-state index >= 15 is 0 Å². The van der Waals surface area contributed by atoms with Gasteiger partial charge in [-0.3, -0.25) is 9.59 Å². The van der Waals surface area contributed by atoms with E-state index in [4.69, 9.17) is 0 Å². The van der Waals surface area contributed by atoms with Crippen LogP contribution in [0.3, 0.4) is 0 Å². The van der Waals surface area contributed by atoms with E-state index in [1.165, 1.54) is 18.2 Å². The van der Waals surface area contributed by atoms with Crippen molar-refractivity contribution in [2.45, 2.75) is 32.8 Å². The van der Waals surface area contributed by atoms with Crippen LogP contribution in [0.25, 0.3) is 0 Å². The minimum Gasteiger partial charge on any atom is -0.405 e. The van der Waals surface area contributed by atoms with Crippen molar-refractivity contribution in [1.82, 2.24) is 10.6 Å². The molecule has 0 unspecified atom stereocenters. The molecule has 0 aliphatic carbocycles. The van der Waals surface area contributed by atoms with Gasteiger partial charge in [-0.1, -0.05) is 44.2 Å². The van der Waals surface area contributed by atoms with E-state index in [0.717, 1.165) is 0 Å². The average molecular weight is 473 g/mol. The highest BCUT2D eigenvalue weighted by Gasteiger charge is 2.32. The molecular weight excluding hydrogens is 453 g/mol. The van der Waals surface area contributed by atoms with Gasteiger partial charge in [0.15, 0.2) is 0 Å². The van der Waals surface area contributed by atoms with Crippen molar-refractivity contribution in [2.24, 2.45) is 5.92 Å². The van der Waals surface area contributed by atoms with Crippen molar-refractivity contribution in [2.75, 3.05) is 0 Å². The van der Waals surface area contributed by atoms with Crippen molar-refractivity contribution in [3.8, 4) is 5.75 Å². The lowest BCUT2D eigenvalue weighted by Gasteiger charge is -2.22. The molecule has 1 atom stereocenters. The topological polar surface area (TPSA) is 67.4 Å². The van der Waals surface area contributed by atoms with Crippen molar-refractivity contribution < 1.29 is 27.5 Å². The third kappa shape index (κ3) is 6.77. The minimum absolute atomic E-state index is 0.165. The summed E-state index contributed by atoms with van der Waals surface area (Å²) in [5.74, 6) is -1.59. The van der Waals surface area contributed by atoms with Crippen LogP contribution >= 0.6 is 15.9 Å². The van der Waals surface area contributed by atoms with Crippen LogP contribution in [-0.4, -0.2) is 24.2 Å². The molecule has 156 valence electrons. The molecule has 0 fully saturated rings. The first-order valence-electron chi connectivity index (χ1n) is 8.75. The van der Waals surface area contributed by atoms with E-state index in [2.05, 4.69) is 31.3 Å². The summed E-state index contributed by atoms with van der Waals surface area (Å²) in [6.45, 7) is 3.33. The molecule has 29 heavy (non-hydrogen) atoms. The second-order valence-corrected chi connectivity index (χ2v) is 7.40. The van der Waals surface area contributed by atoms with Gasteiger partial charge in [0, 0.05) is 16.6 Å². The molecule has 0 aliphatic rings. The van der Waals surface area contributed by atoms with Crippen molar-refractivity contribution >= 4 is 27.7 Å². The maximum absolute atomic E-state index is 12.6. The molecule has 0 saturated heterocycles. The first kappa shape index (κ1) is 22.7. The Kier molecular flexibility index (Phi) is 7.66. The van der Waals surface area contributed by atoms with Crippen LogP contribution in [0.15, 0.2) is 53.0 Å². The van der Waals surface area contributed by atoms with Gasteiger partial charge in [0.05, 0.1) is 5.56 Å². The Hall–Kier alpha value is -2.55. The number of hydrogen-bond acceptors (Lipinski definition) is 3. The number of hydrogen-bond donors (Lipinski definition) is 2. The van der Waals surface area contributed by atoms with E-state index < -0.39 is 30.0 Å². The predicted octanol–water partition coefficient (Wildman–Crippen LogP) is 4.42. The summed E-state index contributed by atoms with van der Waals surface area (Å²) >= 11 is 3.29. The van der Waals surface area contributed by atoms with Crippen LogP contribution in [0.2, 0.25) is 0 Å². The van der Waals surface area contributed by atoms with Crippen molar-refractivity contribution in [3.05, 3.63) is 64.1 Å². The van der Waals surface area contributed by atoms with Crippen LogP contribution < -0.4 is 15.4 Å². The number of rotatable bonds is 7. The van der Waals surface area contributed by atoms with Gasteiger partial charge in [-0.15, -0.1) is 13.2 Å². The molecule has 2 aromatic carbocycles. The Morgan fingerprint density at radius 1 is 1.07 bits per heavy atom. The van der Waals surface area contributed by atoms with Crippen molar-refractivity contribution in [3.63, 3.8) is 0 Å². The average Bonchev–Trinajstić information content (AvgIpc) is 2.64. The van der Waals surface area contributed by atoms with Gasteiger partial charge in [0.2, 0.25) is 5.91 Å². The zero-order chi connectivity index (χ0) is 21.6. The number of nitrogens with one attached hydrogen (secondary N) is 2. The number of amides is 2. The summed E-state index contributed by atoms with van der Waals surface area (Å²) in [5, 5.41) is 5.24. The number of benzene rings is 2. The largest absolute Gasteiger partial charge is 0.573 e. The number of para-hydroxylation sites is 1. The fourth-order valence-electron chi connectivity index (χ4n) is 2.57. The molecule has 0 spiro atoms. The Bertz CT molecular complexity index is 872. The summed E-state index contributed by atoms with van der Waals surface area (Å²) in [6, 6.07) is 11.4.